The highest BCUT2D eigenvalue weighted by Gasteiger charge is 2.29. The molecule has 2 saturated heterocycles. The van der Waals surface area contributed by atoms with Crippen LogP contribution in [0.4, 0.5) is 0 Å². The molecule has 0 radical (unpaired) electrons. The van der Waals surface area contributed by atoms with Crippen molar-refractivity contribution in [2.45, 2.75) is 38.1 Å². The van der Waals surface area contributed by atoms with Crippen LogP contribution < -0.4 is 4.72 Å². The molecule has 2 aliphatic rings. The van der Waals surface area contributed by atoms with Gasteiger partial charge in [0.25, 0.3) is 10.2 Å². The largest absolute Gasteiger partial charge is 0.396 e. The Hall–Kier alpha value is -0.210. The van der Waals surface area contributed by atoms with Crippen molar-refractivity contribution in [3.05, 3.63) is 0 Å². The second-order valence-corrected chi connectivity index (χ2v) is 7.76. The Morgan fingerprint density at radius 2 is 1.85 bits per heavy atom. The molecule has 2 rings (SSSR count). The Morgan fingerprint density at radius 3 is 2.45 bits per heavy atom. The van der Waals surface area contributed by atoms with Crippen LogP contribution in [-0.2, 0) is 10.2 Å². The minimum atomic E-state index is -3.36. The molecule has 2 aliphatic heterocycles. The van der Waals surface area contributed by atoms with E-state index in [2.05, 4.69) is 16.7 Å². The highest BCUT2D eigenvalue weighted by Crippen LogP contribution is 2.19. The van der Waals surface area contributed by atoms with Crippen molar-refractivity contribution < 1.29 is 13.5 Å². The summed E-state index contributed by atoms with van der Waals surface area (Å²) in [6.07, 6.45) is 4.94. The van der Waals surface area contributed by atoms with Crippen molar-refractivity contribution in [2.24, 2.45) is 5.92 Å². The molecule has 0 bridgehead atoms. The lowest BCUT2D eigenvalue weighted by molar-refractivity contribution is 0.167. The van der Waals surface area contributed by atoms with Gasteiger partial charge in [0.2, 0.25) is 0 Å². The number of rotatable bonds is 5. The third-order valence-corrected chi connectivity index (χ3v) is 6.17. The molecule has 0 amide bonds. The fourth-order valence-corrected chi connectivity index (χ4v) is 4.30. The van der Waals surface area contributed by atoms with Gasteiger partial charge >= 0.3 is 0 Å². The Morgan fingerprint density at radius 1 is 1.15 bits per heavy atom. The molecule has 118 valence electrons. The number of likely N-dealkylation sites (tertiary alicyclic amines) is 1. The standard InChI is InChI=1S/C13H27N3O3S/c1-15-7-3-2-4-13(15)10-14-20(18,19)16-8-5-12(11-17)6-9-16/h12-14,17H,2-11H2,1H3. The fraction of sp³-hybridized carbons (Fsp3) is 1.00. The average Bonchev–Trinajstić information content (AvgIpc) is 2.46. The monoisotopic (exact) mass is 305 g/mol. The van der Waals surface area contributed by atoms with E-state index in [1.54, 1.807) is 0 Å². The third kappa shape index (κ3) is 4.14. The van der Waals surface area contributed by atoms with Crippen LogP contribution in [-0.4, -0.2) is 68.6 Å². The van der Waals surface area contributed by atoms with Crippen LogP contribution in [0.3, 0.4) is 0 Å². The molecule has 1 atom stereocenters. The van der Waals surface area contributed by atoms with Crippen molar-refractivity contribution in [2.75, 3.05) is 39.8 Å². The predicted molar refractivity (Wildman–Crippen MR) is 78.6 cm³/mol. The minimum absolute atomic E-state index is 0.161. The summed E-state index contributed by atoms with van der Waals surface area (Å²) in [5.41, 5.74) is 0. The van der Waals surface area contributed by atoms with Gasteiger partial charge in [0.05, 0.1) is 0 Å². The average molecular weight is 305 g/mol. The molecule has 2 heterocycles. The summed E-state index contributed by atoms with van der Waals surface area (Å²) in [6, 6.07) is 0.313. The minimum Gasteiger partial charge on any atom is -0.396 e. The van der Waals surface area contributed by atoms with Gasteiger partial charge in [-0.1, -0.05) is 6.42 Å². The summed E-state index contributed by atoms with van der Waals surface area (Å²) >= 11 is 0. The topological polar surface area (TPSA) is 72.9 Å². The molecule has 7 heteroatoms. The van der Waals surface area contributed by atoms with E-state index >= 15 is 0 Å². The van der Waals surface area contributed by atoms with Gasteiger partial charge in [-0.25, -0.2) is 4.72 Å². The molecule has 0 saturated carbocycles. The van der Waals surface area contributed by atoms with E-state index in [1.807, 2.05) is 0 Å². The number of piperidine rings is 2. The molecule has 0 aromatic heterocycles. The van der Waals surface area contributed by atoms with Gasteiger partial charge < -0.3 is 10.0 Å². The van der Waals surface area contributed by atoms with Crippen LogP contribution in [0.25, 0.3) is 0 Å². The van der Waals surface area contributed by atoms with Crippen LogP contribution in [0, 0.1) is 5.92 Å². The third-order valence-electron chi connectivity index (χ3n) is 4.59. The molecule has 0 spiro atoms. The smallest absolute Gasteiger partial charge is 0.279 e. The molecule has 1 unspecified atom stereocenters. The lowest BCUT2D eigenvalue weighted by Gasteiger charge is -2.34. The molecule has 2 fully saturated rings. The van der Waals surface area contributed by atoms with Crippen molar-refractivity contribution in [1.29, 1.82) is 0 Å². The van der Waals surface area contributed by atoms with Crippen LogP contribution >= 0.6 is 0 Å². The number of nitrogens with one attached hydrogen (secondary N) is 1. The number of nitrogens with zero attached hydrogens (tertiary/aromatic N) is 2. The van der Waals surface area contributed by atoms with Crippen molar-refractivity contribution in [3.8, 4) is 0 Å². The van der Waals surface area contributed by atoms with E-state index in [-0.39, 0.29) is 12.5 Å². The maximum Gasteiger partial charge on any atom is 0.279 e. The zero-order chi connectivity index (χ0) is 14.6. The highest BCUT2D eigenvalue weighted by atomic mass is 32.2. The van der Waals surface area contributed by atoms with E-state index in [1.165, 1.54) is 17.1 Å². The second kappa shape index (κ2) is 7.17. The first kappa shape index (κ1) is 16.2. The summed E-state index contributed by atoms with van der Waals surface area (Å²) < 4.78 is 28.8. The fourth-order valence-electron chi connectivity index (χ4n) is 3.03. The molecule has 20 heavy (non-hydrogen) atoms. The summed E-state index contributed by atoms with van der Waals surface area (Å²) in [5.74, 6) is 0.255. The Labute approximate surface area is 122 Å². The van der Waals surface area contributed by atoms with Gasteiger partial charge in [0.15, 0.2) is 0 Å². The van der Waals surface area contributed by atoms with E-state index in [4.69, 9.17) is 5.11 Å². The first-order chi connectivity index (χ1) is 9.53. The van der Waals surface area contributed by atoms with Crippen molar-refractivity contribution in [3.63, 3.8) is 0 Å². The molecule has 2 N–H and O–H groups in total. The van der Waals surface area contributed by atoms with E-state index < -0.39 is 10.2 Å². The van der Waals surface area contributed by atoms with Crippen LogP contribution in [0.5, 0.6) is 0 Å². The SMILES string of the molecule is CN1CCCCC1CNS(=O)(=O)N1CCC(CO)CC1. The Bertz CT molecular complexity index is 394. The lowest BCUT2D eigenvalue weighted by Crippen LogP contribution is -2.50. The second-order valence-electron chi connectivity index (χ2n) is 6.01. The summed E-state index contributed by atoms with van der Waals surface area (Å²) in [5, 5.41) is 9.09. The predicted octanol–water partition coefficient (Wildman–Crippen LogP) is 0.00940. The van der Waals surface area contributed by atoms with Crippen molar-refractivity contribution in [1.82, 2.24) is 13.9 Å². The normalized spacial score (nSPS) is 27.8. The van der Waals surface area contributed by atoms with Gasteiger partial charge in [0.1, 0.15) is 0 Å². The number of hydrogen-bond acceptors (Lipinski definition) is 4. The maximum absolute atomic E-state index is 12.3. The zero-order valence-corrected chi connectivity index (χ0v) is 13.1. The van der Waals surface area contributed by atoms with E-state index in [0.29, 0.717) is 25.7 Å². The maximum atomic E-state index is 12.3. The molecule has 0 aliphatic carbocycles. The van der Waals surface area contributed by atoms with Gasteiger partial charge in [-0.15, -0.1) is 0 Å². The first-order valence-corrected chi connectivity index (χ1v) is 9.03. The number of aliphatic hydroxyl groups excluding tert-OH is 1. The van der Waals surface area contributed by atoms with Gasteiger partial charge in [0, 0.05) is 32.3 Å². The number of hydrogen-bond donors (Lipinski definition) is 2. The quantitative estimate of drug-likeness (QED) is 0.750. The zero-order valence-electron chi connectivity index (χ0n) is 12.3. The van der Waals surface area contributed by atoms with Gasteiger partial charge in [-0.05, 0) is 45.2 Å². The lowest BCUT2D eigenvalue weighted by atomic mass is 10.00. The molecule has 6 nitrogen and oxygen atoms in total. The van der Waals surface area contributed by atoms with Crippen LogP contribution in [0.2, 0.25) is 0 Å². The van der Waals surface area contributed by atoms with Crippen molar-refractivity contribution >= 4 is 10.2 Å². The van der Waals surface area contributed by atoms with Gasteiger partial charge in [-0.3, -0.25) is 0 Å². The van der Waals surface area contributed by atoms with E-state index in [0.717, 1.165) is 25.8 Å². The Kier molecular flexibility index (Phi) is 5.80. The summed E-state index contributed by atoms with van der Waals surface area (Å²) in [6.45, 7) is 2.74. The summed E-state index contributed by atoms with van der Waals surface area (Å²) in [4.78, 5) is 2.24. The van der Waals surface area contributed by atoms with Crippen LogP contribution in [0.1, 0.15) is 32.1 Å². The molecular formula is C13H27N3O3S. The van der Waals surface area contributed by atoms with Crippen LogP contribution in [0.15, 0.2) is 0 Å². The summed E-state index contributed by atoms with van der Waals surface area (Å²) in [7, 11) is -1.30. The number of likely N-dealkylation sites (N-methyl/N-ethyl adjacent to an activating group) is 1. The molecule has 0 aromatic carbocycles. The van der Waals surface area contributed by atoms with E-state index in [9.17, 15) is 8.42 Å². The molecular weight excluding hydrogens is 278 g/mol. The highest BCUT2D eigenvalue weighted by molar-refractivity contribution is 7.87. The first-order valence-electron chi connectivity index (χ1n) is 7.59. The van der Waals surface area contributed by atoms with Gasteiger partial charge in [-0.2, -0.15) is 12.7 Å². The molecule has 0 aromatic rings. The number of aliphatic hydroxyl groups is 1. The Balaban J connectivity index is 1.82.